The molecule has 0 atom stereocenters. The van der Waals surface area contributed by atoms with Crippen LogP contribution in [0.5, 0.6) is 0 Å². The number of para-hydroxylation sites is 2. The van der Waals surface area contributed by atoms with Crippen molar-refractivity contribution in [2.24, 2.45) is 0 Å². The normalized spacial score (nSPS) is 12.6. The van der Waals surface area contributed by atoms with E-state index >= 15 is 0 Å². The first-order chi connectivity index (χ1) is 27.3. The maximum Gasteiger partial charge on any atom is 0.179 e. The summed E-state index contributed by atoms with van der Waals surface area (Å²) in [5.41, 5.74) is 9.74. The first kappa shape index (κ1) is 32.4. The Morgan fingerprint density at radius 3 is 1.91 bits per heavy atom. The highest BCUT2D eigenvalue weighted by Gasteiger charge is 2.41. The van der Waals surface area contributed by atoms with Crippen LogP contribution >= 0.6 is 23.1 Å². The molecule has 0 bridgehead atoms. The summed E-state index contributed by atoms with van der Waals surface area (Å²) >= 11 is 3.71. The van der Waals surface area contributed by atoms with Gasteiger partial charge in [-0.15, -0.1) is 11.3 Å². The molecule has 0 aliphatic carbocycles. The molecule has 5 heteroatoms. The SMILES string of the molecule is c1ccc([Si](c2ccccc2)(c2cccc(-c3ccc4c(c3)-n3c(nc5ccccc53)SC4)c2)c2cccc(-c3cccc4c3sc3ccccc34)c2)cc1. The van der Waals surface area contributed by atoms with Gasteiger partial charge in [0.25, 0.3) is 0 Å². The molecular weight excluding hydrogens is 721 g/mol. The number of thioether (sulfide) groups is 1. The van der Waals surface area contributed by atoms with E-state index < -0.39 is 8.07 Å². The van der Waals surface area contributed by atoms with E-state index in [4.69, 9.17) is 4.98 Å². The second kappa shape index (κ2) is 13.1. The van der Waals surface area contributed by atoms with Gasteiger partial charge in [-0.05, 0) is 72.8 Å². The molecular formula is C50H34N2S2Si. The topological polar surface area (TPSA) is 17.8 Å². The molecule has 0 unspecified atom stereocenters. The minimum atomic E-state index is -2.85. The molecule has 0 radical (unpaired) electrons. The summed E-state index contributed by atoms with van der Waals surface area (Å²) in [5, 5.41) is 9.18. The van der Waals surface area contributed by atoms with Crippen LogP contribution in [-0.2, 0) is 5.75 Å². The Hall–Kier alpha value is -5.98. The molecule has 0 N–H and O–H groups in total. The van der Waals surface area contributed by atoms with E-state index in [-0.39, 0.29) is 0 Å². The Bertz CT molecular complexity index is 3020. The van der Waals surface area contributed by atoms with Crippen molar-refractivity contribution in [3.05, 3.63) is 200 Å². The Balaban J connectivity index is 1.13. The van der Waals surface area contributed by atoms with Gasteiger partial charge in [-0.25, -0.2) is 4.98 Å². The molecule has 55 heavy (non-hydrogen) atoms. The van der Waals surface area contributed by atoms with Gasteiger partial charge < -0.3 is 0 Å². The molecule has 11 rings (SSSR count). The van der Waals surface area contributed by atoms with Crippen LogP contribution in [0.2, 0.25) is 0 Å². The second-order valence-electron chi connectivity index (χ2n) is 14.3. The van der Waals surface area contributed by atoms with Gasteiger partial charge in [0.05, 0.1) is 16.7 Å². The van der Waals surface area contributed by atoms with Crippen molar-refractivity contribution >= 4 is 83.1 Å². The third-order valence-electron chi connectivity index (χ3n) is 11.3. The number of imidazole rings is 1. The van der Waals surface area contributed by atoms with Crippen LogP contribution in [0.15, 0.2) is 199 Å². The third-order valence-corrected chi connectivity index (χ3v) is 18.2. The van der Waals surface area contributed by atoms with Crippen LogP contribution in [0, 0.1) is 0 Å². The molecule has 0 amide bonds. The molecule has 0 saturated heterocycles. The van der Waals surface area contributed by atoms with Crippen LogP contribution in [0.4, 0.5) is 0 Å². The summed E-state index contributed by atoms with van der Waals surface area (Å²) in [7, 11) is -2.85. The number of rotatable bonds is 6. The average molecular weight is 755 g/mol. The number of fused-ring (bicyclic) bond motifs is 8. The molecule has 0 fully saturated rings. The van der Waals surface area contributed by atoms with Crippen molar-refractivity contribution in [1.29, 1.82) is 0 Å². The van der Waals surface area contributed by atoms with Crippen molar-refractivity contribution in [2.45, 2.75) is 10.9 Å². The molecule has 2 aromatic heterocycles. The predicted molar refractivity (Wildman–Crippen MR) is 238 cm³/mol. The number of hydrogen-bond donors (Lipinski definition) is 0. The molecule has 0 spiro atoms. The molecule has 260 valence electrons. The lowest BCUT2D eigenvalue weighted by molar-refractivity contribution is 0.895. The maximum atomic E-state index is 4.99. The van der Waals surface area contributed by atoms with Gasteiger partial charge in [0, 0.05) is 25.9 Å². The van der Waals surface area contributed by atoms with Gasteiger partial charge in [0.2, 0.25) is 0 Å². The largest absolute Gasteiger partial charge is 0.287 e. The first-order valence-corrected chi connectivity index (χ1v) is 22.5. The number of aromatic nitrogens is 2. The summed E-state index contributed by atoms with van der Waals surface area (Å²) in [5.74, 6) is 0.919. The van der Waals surface area contributed by atoms with Crippen LogP contribution in [0.3, 0.4) is 0 Å². The summed E-state index contributed by atoms with van der Waals surface area (Å²) in [6, 6.07) is 72.5. The monoisotopic (exact) mass is 754 g/mol. The Morgan fingerprint density at radius 1 is 0.491 bits per heavy atom. The van der Waals surface area contributed by atoms with Crippen molar-refractivity contribution in [2.75, 3.05) is 0 Å². The smallest absolute Gasteiger partial charge is 0.179 e. The van der Waals surface area contributed by atoms with Crippen LogP contribution in [-0.4, -0.2) is 17.6 Å². The van der Waals surface area contributed by atoms with Crippen LogP contribution < -0.4 is 20.7 Å². The standard InChI is InChI=1S/C50H34N2S2Si/c1-3-16-38(17-4-1)55(39-18-5-2-6-19-39,41-21-12-15-36(31-41)42-23-13-24-44-43-22-7-10-27-48(43)54-49(42)44)40-20-11-14-34(30-40)35-28-29-37-33-53-50-51-45-25-8-9-26-46(45)52(50)47(37)32-35/h1-32H,33H2. The summed E-state index contributed by atoms with van der Waals surface area (Å²) < 4.78 is 5.02. The molecule has 3 heterocycles. The van der Waals surface area contributed by atoms with Crippen molar-refractivity contribution in [3.63, 3.8) is 0 Å². The minimum Gasteiger partial charge on any atom is -0.287 e. The fourth-order valence-corrected chi connectivity index (χ4v) is 15.8. The number of thiophene rings is 1. The van der Waals surface area contributed by atoms with E-state index in [1.807, 2.05) is 23.1 Å². The first-order valence-electron chi connectivity index (χ1n) is 18.7. The molecule has 2 nitrogen and oxygen atoms in total. The quantitative estimate of drug-likeness (QED) is 0.124. The van der Waals surface area contributed by atoms with Gasteiger partial charge >= 0.3 is 0 Å². The lowest BCUT2D eigenvalue weighted by Crippen LogP contribution is -2.74. The fourth-order valence-electron chi connectivity index (χ4n) is 8.75. The van der Waals surface area contributed by atoms with E-state index in [2.05, 4.69) is 199 Å². The molecule has 8 aromatic carbocycles. The maximum absolute atomic E-state index is 4.99. The average Bonchev–Trinajstić information content (AvgIpc) is 3.84. The molecule has 1 aliphatic heterocycles. The van der Waals surface area contributed by atoms with Crippen molar-refractivity contribution in [3.8, 4) is 27.9 Å². The highest BCUT2D eigenvalue weighted by Crippen LogP contribution is 2.41. The van der Waals surface area contributed by atoms with Crippen LogP contribution in [0.25, 0.3) is 59.1 Å². The van der Waals surface area contributed by atoms with Crippen molar-refractivity contribution in [1.82, 2.24) is 9.55 Å². The lowest BCUT2D eigenvalue weighted by atomic mass is 10.0. The van der Waals surface area contributed by atoms with E-state index in [1.54, 1.807) is 0 Å². The van der Waals surface area contributed by atoms with Gasteiger partial charge in [-0.2, -0.15) is 0 Å². The van der Waals surface area contributed by atoms with Gasteiger partial charge in [-0.3, -0.25) is 4.57 Å². The van der Waals surface area contributed by atoms with Gasteiger partial charge in [0.1, 0.15) is 0 Å². The number of benzene rings is 8. The summed E-state index contributed by atoms with van der Waals surface area (Å²) in [6.45, 7) is 0. The minimum absolute atomic E-state index is 0.919. The van der Waals surface area contributed by atoms with Gasteiger partial charge in [-0.1, -0.05) is 182 Å². The van der Waals surface area contributed by atoms with E-state index in [0.717, 1.165) is 21.9 Å². The number of nitrogens with zero attached hydrogens (tertiary/aromatic N) is 2. The fraction of sp³-hybridized carbons (Fsp3) is 0.0200. The summed E-state index contributed by atoms with van der Waals surface area (Å²) in [4.78, 5) is 4.99. The summed E-state index contributed by atoms with van der Waals surface area (Å²) in [6.07, 6.45) is 0. The van der Waals surface area contributed by atoms with Crippen molar-refractivity contribution < 1.29 is 0 Å². The zero-order chi connectivity index (χ0) is 36.3. The molecule has 10 aromatic rings. The molecule has 1 aliphatic rings. The highest BCUT2D eigenvalue weighted by molar-refractivity contribution is 7.98. The Morgan fingerprint density at radius 2 is 1.11 bits per heavy atom. The molecule has 0 saturated carbocycles. The number of hydrogen-bond acceptors (Lipinski definition) is 3. The lowest BCUT2D eigenvalue weighted by Gasteiger charge is -2.35. The van der Waals surface area contributed by atoms with Crippen LogP contribution in [0.1, 0.15) is 5.56 Å². The van der Waals surface area contributed by atoms with E-state index in [1.165, 1.54) is 74.4 Å². The zero-order valence-electron chi connectivity index (χ0n) is 29.9. The highest BCUT2D eigenvalue weighted by atomic mass is 32.2. The second-order valence-corrected chi connectivity index (χ2v) is 20.1. The van der Waals surface area contributed by atoms with Gasteiger partial charge in [0.15, 0.2) is 13.2 Å². The Labute approximate surface area is 329 Å². The predicted octanol–water partition coefficient (Wildman–Crippen LogP) is 10.7. The van der Waals surface area contributed by atoms with E-state index in [9.17, 15) is 0 Å². The van der Waals surface area contributed by atoms with E-state index in [0.29, 0.717) is 0 Å². The third kappa shape index (κ3) is 5.19. The zero-order valence-corrected chi connectivity index (χ0v) is 32.5. The Kier molecular flexibility index (Phi) is 7.73.